The number of amides is 2. The molecule has 0 spiro atoms. The Morgan fingerprint density at radius 1 is 0.926 bits per heavy atom. The number of carbonyl (C=O) groups excluding carboxylic acids is 2. The summed E-state index contributed by atoms with van der Waals surface area (Å²) in [5.74, 6) is -0.545. The summed E-state index contributed by atoms with van der Waals surface area (Å²) < 4.78 is 13.9. The molecule has 1 saturated carbocycles. The van der Waals surface area contributed by atoms with Gasteiger partial charge < -0.3 is 0 Å². The van der Waals surface area contributed by atoms with E-state index in [0.717, 1.165) is 37.8 Å². The summed E-state index contributed by atoms with van der Waals surface area (Å²) in [6.07, 6.45) is 3.95. The van der Waals surface area contributed by atoms with Crippen molar-refractivity contribution >= 4 is 11.8 Å². The van der Waals surface area contributed by atoms with Crippen LogP contribution >= 0.6 is 0 Å². The van der Waals surface area contributed by atoms with E-state index in [9.17, 15) is 14.0 Å². The van der Waals surface area contributed by atoms with Crippen molar-refractivity contribution in [2.75, 3.05) is 13.1 Å². The first-order valence-electron chi connectivity index (χ1n) is 9.58. The zero-order valence-electron chi connectivity index (χ0n) is 15.2. The smallest absolute Gasteiger partial charge is 0.261 e. The number of fused-ring (bicyclic) bond motifs is 1. The predicted molar refractivity (Wildman–Crippen MR) is 101 cm³/mol. The van der Waals surface area contributed by atoms with Crippen molar-refractivity contribution in [3.05, 3.63) is 71.0 Å². The molecular formula is C22H23FN2O2. The summed E-state index contributed by atoms with van der Waals surface area (Å²) in [6, 6.07) is 14.4. The highest BCUT2D eigenvalue weighted by atomic mass is 19.1. The average Bonchev–Trinajstić information content (AvgIpc) is 3.49. The van der Waals surface area contributed by atoms with E-state index < -0.39 is 0 Å². The number of nitrogens with zero attached hydrogens (tertiary/aromatic N) is 2. The molecule has 2 aliphatic rings. The number of carbonyl (C=O) groups is 2. The second kappa shape index (κ2) is 7.61. The maximum absolute atomic E-state index is 13.9. The maximum atomic E-state index is 13.9. The molecule has 27 heavy (non-hydrogen) atoms. The topological polar surface area (TPSA) is 40.6 Å². The standard InChI is InChI=1S/C22H23FN2O2/c23-20-10-4-1-7-16(20)15-24(17-11-12-17)13-5-6-14-25-21(26)18-8-2-3-9-19(18)22(25)27/h1-4,7-10,17H,5-6,11-15H2. The minimum Gasteiger partial charge on any atom is -0.296 e. The molecule has 0 unspecified atom stereocenters. The Balaban J connectivity index is 1.30. The van der Waals surface area contributed by atoms with Crippen LogP contribution in [0.3, 0.4) is 0 Å². The highest BCUT2D eigenvalue weighted by Crippen LogP contribution is 2.29. The minimum absolute atomic E-state index is 0.158. The third kappa shape index (κ3) is 3.78. The van der Waals surface area contributed by atoms with E-state index in [1.807, 2.05) is 12.1 Å². The molecule has 0 aromatic heterocycles. The number of hydrogen-bond acceptors (Lipinski definition) is 3. The van der Waals surface area contributed by atoms with E-state index in [0.29, 0.717) is 30.3 Å². The van der Waals surface area contributed by atoms with Crippen molar-refractivity contribution < 1.29 is 14.0 Å². The largest absolute Gasteiger partial charge is 0.296 e. The SMILES string of the molecule is O=C1c2ccccc2C(=O)N1CCCCN(Cc1ccccc1F)C1CC1. The monoisotopic (exact) mass is 366 g/mol. The fraction of sp³-hybridized carbons (Fsp3) is 0.364. The van der Waals surface area contributed by atoms with Gasteiger partial charge in [0, 0.05) is 24.7 Å². The Morgan fingerprint density at radius 2 is 1.56 bits per heavy atom. The summed E-state index contributed by atoms with van der Waals surface area (Å²) >= 11 is 0. The van der Waals surface area contributed by atoms with Gasteiger partial charge in [0.1, 0.15) is 5.82 Å². The van der Waals surface area contributed by atoms with Gasteiger partial charge in [-0.1, -0.05) is 30.3 Å². The average molecular weight is 366 g/mol. The summed E-state index contributed by atoms with van der Waals surface area (Å²) in [7, 11) is 0. The van der Waals surface area contributed by atoms with Crippen molar-refractivity contribution in [3.8, 4) is 0 Å². The molecule has 1 heterocycles. The molecule has 0 radical (unpaired) electrons. The lowest BCUT2D eigenvalue weighted by Crippen LogP contribution is -2.32. The van der Waals surface area contributed by atoms with Gasteiger partial charge in [-0.2, -0.15) is 0 Å². The van der Waals surface area contributed by atoms with Crippen molar-refractivity contribution in [1.82, 2.24) is 9.80 Å². The first kappa shape index (κ1) is 17.9. The van der Waals surface area contributed by atoms with Gasteiger partial charge in [-0.05, 0) is 50.4 Å². The Kier molecular flexibility index (Phi) is 5.03. The molecular weight excluding hydrogens is 343 g/mol. The van der Waals surface area contributed by atoms with E-state index >= 15 is 0 Å². The van der Waals surface area contributed by atoms with Crippen LogP contribution in [0, 0.1) is 5.82 Å². The van der Waals surface area contributed by atoms with Gasteiger partial charge in [0.2, 0.25) is 0 Å². The van der Waals surface area contributed by atoms with Crippen LogP contribution in [-0.4, -0.2) is 40.7 Å². The number of imide groups is 1. The molecule has 1 fully saturated rings. The van der Waals surface area contributed by atoms with Gasteiger partial charge in [-0.25, -0.2) is 4.39 Å². The first-order chi connectivity index (χ1) is 13.1. The van der Waals surface area contributed by atoms with E-state index in [2.05, 4.69) is 4.90 Å². The lowest BCUT2D eigenvalue weighted by molar-refractivity contribution is 0.0650. The lowest BCUT2D eigenvalue weighted by Gasteiger charge is -2.23. The summed E-state index contributed by atoms with van der Waals surface area (Å²) in [5, 5.41) is 0. The van der Waals surface area contributed by atoms with Gasteiger partial charge >= 0.3 is 0 Å². The first-order valence-corrected chi connectivity index (χ1v) is 9.58. The molecule has 0 saturated heterocycles. The van der Waals surface area contributed by atoms with Crippen molar-refractivity contribution in [2.24, 2.45) is 0 Å². The fourth-order valence-electron chi connectivity index (χ4n) is 3.70. The third-order valence-corrected chi connectivity index (χ3v) is 5.35. The van der Waals surface area contributed by atoms with Crippen LogP contribution in [-0.2, 0) is 6.54 Å². The highest BCUT2D eigenvalue weighted by Gasteiger charge is 2.34. The zero-order chi connectivity index (χ0) is 18.8. The molecule has 1 aliphatic heterocycles. The molecule has 2 aromatic carbocycles. The highest BCUT2D eigenvalue weighted by molar-refractivity contribution is 6.21. The van der Waals surface area contributed by atoms with Crippen LogP contribution in [0.15, 0.2) is 48.5 Å². The van der Waals surface area contributed by atoms with Crippen LogP contribution in [0.25, 0.3) is 0 Å². The molecule has 140 valence electrons. The number of halogens is 1. The number of hydrogen-bond donors (Lipinski definition) is 0. The van der Waals surface area contributed by atoms with Gasteiger partial charge in [0.15, 0.2) is 0 Å². The molecule has 2 amide bonds. The fourth-order valence-corrected chi connectivity index (χ4v) is 3.70. The molecule has 0 atom stereocenters. The van der Waals surface area contributed by atoms with Gasteiger partial charge in [0.05, 0.1) is 11.1 Å². The van der Waals surface area contributed by atoms with Crippen molar-refractivity contribution in [1.29, 1.82) is 0 Å². The van der Waals surface area contributed by atoms with Gasteiger partial charge in [0.25, 0.3) is 11.8 Å². The second-order valence-corrected chi connectivity index (χ2v) is 7.31. The van der Waals surface area contributed by atoms with Crippen LogP contribution in [0.4, 0.5) is 4.39 Å². The van der Waals surface area contributed by atoms with Gasteiger partial charge in [-0.15, -0.1) is 0 Å². The Bertz CT molecular complexity index is 828. The van der Waals surface area contributed by atoms with Crippen LogP contribution in [0.1, 0.15) is 52.0 Å². The predicted octanol–water partition coefficient (Wildman–Crippen LogP) is 3.87. The van der Waals surface area contributed by atoms with E-state index in [1.54, 1.807) is 30.3 Å². The Hall–Kier alpha value is -2.53. The normalized spacial score (nSPS) is 16.3. The summed E-state index contributed by atoms with van der Waals surface area (Å²) in [6.45, 7) is 1.90. The van der Waals surface area contributed by atoms with Crippen LogP contribution < -0.4 is 0 Å². The Labute approximate surface area is 158 Å². The van der Waals surface area contributed by atoms with Crippen LogP contribution in [0.2, 0.25) is 0 Å². The third-order valence-electron chi connectivity index (χ3n) is 5.35. The van der Waals surface area contributed by atoms with E-state index in [4.69, 9.17) is 0 Å². The molecule has 0 N–H and O–H groups in total. The summed E-state index contributed by atoms with van der Waals surface area (Å²) in [4.78, 5) is 28.4. The number of unbranched alkanes of at least 4 members (excludes halogenated alkanes) is 1. The molecule has 0 bridgehead atoms. The Morgan fingerprint density at radius 3 is 2.19 bits per heavy atom. The summed E-state index contributed by atoms with van der Waals surface area (Å²) in [5.41, 5.74) is 1.73. The zero-order valence-corrected chi connectivity index (χ0v) is 15.2. The lowest BCUT2D eigenvalue weighted by atomic mass is 10.1. The van der Waals surface area contributed by atoms with Crippen LogP contribution in [0.5, 0.6) is 0 Å². The number of benzene rings is 2. The molecule has 4 nitrogen and oxygen atoms in total. The molecule has 2 aromatic rings. The number of rotatable bonds is 8. The van der Waals surface area contributed by atoms with E-state index in [1.165, 1.54) is 11.0 Å². The molecule has 5 heteroatoms. The minimum atomic E-state index is -0.194. The van der Waals surface area contributed by atoms with E-state index in [-0.39, 0.29) is 17.6 Å². The van der Waals surface area contributed by atoms with Crippen molar-refractivity contribution in [3.63, 3.8) is 0 Å². The van der Waals surface area contributed by atoms with Gasteiger partial charge in [-0.3, -0.25) is 19.4 Å². The molecule has 1 aliphatic carbocycles. The second-order valence-electron chi connectivity index (χ2n) is 7.31. The maximum Gasteiger partial charge on any atom is 0.261 e. The van der Waals surface area contributed by atoms with Crippen molar-refractivity contribution in [2.45, 2.75) is 38.3 Å². The molecule has 4 rings (SSSR count). The quantitative estimate of drug-likeness (QED) is 0.526.